The van der Waals surface area contributed by atoms with Crippen LogP contribution in [0, 0.1) is 11.2 Å². The molecule has 0 aliphatic heterocycles. The second kappa shape index (κ2) is 5.78. The Morgan fingerprint density at radius 1 is 1.38 bits per heavy atom. The zero-order chi connectivity index (χ0) is 12.2. The van der Waals surface area contributed by atoms with Crippen molar-refractivity contribution in [1.29, 1.82) is 0 Å². The SMILES string of the molecule is CN(Cc1cccc(F)c1)CC(C)(C)CBr. The summed E-state index contributed by atoms with van der Waals surface area (Å²) in [5, 5.41) is 0.966. The molecule has 0 radical (unpaired) electrons. The van der Waals surface area contributed by atoms with Gasteiger partial charge in [-0.1, -0.05) is 41.9 Å². The summed E-state index contributed by atoms with van der Waals surface area (Å²) in [4.78, 5) is 2.22. The average molecular weight is 288 g/mol. The Kier molecular flexibility index (Phi) is 4.93. The summed E-state index contributed by atoms with van der Waals surface area (Å²) in [5.74, 6) is -0.161. The van der Waals surface area contributed by atoms with E-state index in [0.717, 1.165) is 24.0 Å². The fraction of sp³-hybridized carbons (Fsp3) is 0.538. The van der Waals surface area contributed by atoms with Crippen molar-refractivity contribution in [1.82, 2.24) is 4.90 Å². The maximum Gasteiger partial charge on any atom is 0.123 e. The van der Waals surface area contributed by atoms with Crippen molar-refractivity contribution in [2.75, 3.05) is 18.9 Å². The summed E-state index contributed by atoms with van der Waals surface area (Å²) in [7, 11) is 2.06. The zero-order valence-corrected chi connectivity index (χ0v) is 11.7. The lowest BCUT2D eigenvalue weighted by Gasteiger charge is -2.28. The van der Waals surface area contributed by atoms with Gasteiger partial charge in [-0.15, -0.1) is 0 Å². The molecule has 16 heavy (non-hydrogen) atoms. The van der Waals surface area contributed by atoms with Gasteiger partial charge >= 0.3 is 0 Å². The Morgan fingerprint density at radius 2 is 2.06 bits per heavy atom. The Labute approximate surface area is 106 Å². The molecular weight excluding hydrogens is 269 g/mol. The van der Waals surface area contributed by atoms with Crippen molar-refractivity contribution < 1.29 is 4.39 Å². The van der Waals surface area contributed by atoms with Crippen LogP contribution in [0.1, 0.15) is 19.4 Å². The van der Waals surface area contributed by atoms with Crippen LogP contribution in [-0.2, 0) is 6.54 Å². The van der Waals surface area contributed by atoms with Crippen LogP contribution in [0.25, 0.3) is 0 Å². The number of rotatable bonds is 5. The minimum atomic E-state index is -0.161. The van der Waals surface area contributed by atoms with Gasteiger partial charge in [0.15, 0.2) is 0 Å². The molecule has 0 spiro atoms. The highest BCUT2D eigenvalue weighted by Crippen LogP contribution is 2.20. The van der Waals surface area contributed by atoms with E-state index in [2.05, 4.69) is 41.7 Å². The second-order valence-electron chi connectivity index (χ2n) is 5.10. The summed E-state index contributed by atoms with van der Waals surface area (Å²) in [5.41, 5.74) is 1.26. The third-order valence-corrected chi connectivity index (χ3v) is 3.92. The monoisotopic (exact) mass is 287 g/mol. The fourth-order valence-electron chi connectivity index (χ4n) is 1.78. The van der Waals surface area contributed by atoms with Gasteiger partial charge in [-0.2, -0.15) is 0 Å². The fourth-order valence-corrected chi connectivity index (χ4v) is 1.95. The maximum absolute atomic E-state index is 13.0. The van der Waals surface area contributed by atoms with Crippen LogP contribution >= 0.6 is 15.9 Å². The molecule has 1 rings (SSSR count). The van der Waals surface area contributed by atoms with E-state index in [1.54, 1.807) is 12.1 Å². The van der Waals surface area contributed by atoms with Crippen LogP contribution in [0.2, 0.25) is 0 Å². The van der Waals surface area contributed by atoms with Gasteiger partial charge in [0.1, 0.15) is 5.82 Å². The first kappa shape index (κ1) is 13.7. The molecule has 0 atom stereocenters. The molecule has 0 saturated carbocycles. The minimum Gasteiger partial charge on any atom is -0.302 e. The molecule has 0 aromatic heterocycles. The van der Waals surface area contributed by atoms with Crippen molar-refractivity contribution in [2.24, 2.45) is 5.41 Å². The summed E-state index contributed by atoms with van der Waals surface area (Å²) < 4.78 is 13.0. The minimum absolute atomic E-state index is 0.161. The number of nitrogens with zero attached hydrogens (tertiary/aromatic N) is 1. The van der Waals surface area contributed by atoms with E-state index in [1.807, 2.05) is 6.07 Å². The molecule has 0 amide bonds. The predicted molar refractivity (Wildman–Crippen MR) is 70.3 cm³/mol. The van der Waals surface area contributed by atoms with E-state index in [0.29, 0.717) is 0 Å². The van der Waals surface area contributed by atoms with E-state index in [4.69, 9.17) is 0 Å². The van der Waals surface area contributed by atoms with Gasteiger partial charge in [0.05, 0.1) is 0 Å². The van der Waals surface area contributed by atoms with Crippen LogP contribution < -0.4 is 0 Å². The highest BCUT2D eigenvalue weighted by molar-refractivity contribution is 9.09. The molecule has 0 fully saturated rings. The van der Waals surface area contributed by atoms with Gasteiger partial charge < -0.3 is 4.90 Å². The van der Waals surface area contributed by atoms with Gasteiger partial charge in [-0.3, -0.25) is 0 Å². The highest BCUT2D eigenvalue weighted by Gasteiger charge is 2.18. The van der Waals surface area contributed by atoms with Crippen molar-refractivity contribution in [3.63, 3.8) is 0 Å². The van der Waals surface area contributed by atoms with Gasteiger partial charge in [-0.05, 0) is 30.2 Å². The molecule has 0 aliphatic rings. The van der Waals surface area contributed by atoms with Crippen LogP contribution in [-0.4, -0.2) is 23.8 Å². The first-order chi connectivity index (χ1) is 7.43. The Morgan fingerprint density at radius 3 is 2.62 bits per heavy atom. The Hall–Kier alpha value is -0.410. The quantitative estimate of drug-likeness (QED) is 0.747. The Balaban J connectivity index is 2.55. The van der Waals surface area contributed by atoms with Crippen molar-refractivity contribution >= 4 is 15.9 Å². The number of benzene rings is 1. The molecule has 1 nitrogen and oxygen atoms in total. The predicted octanol–water partition coefficient (Wildman–Crippen LogP) is 3.68. The van der Waals surface area contributed by atoms with Gasteiger partial charge in [0.2, 0.25) is 0 Å². The van der Waals surface area contributed by atoms with E-state index in [9.17, 15) is 4.39 Å². The molecule has 1 aromatic rings. The number of hydrogen-bond acceptors (Lipinski definition) is 1. The standard InChI is InChI=1S/C13H19BrFN/c1-13(2,9-14)10-16(3)8-11-5-4-6-12(15)7-11/h4-7H,8-10H2,1-3H3. The molecule has 0 N–H and O–H groups in total. The summed E-state index contributed by atoms with van der Waals surface area (Å²) in [6.45, 7) is 6.19. The molecule has 90 valence electrons. The van der Waals surface area contributed by atoms with Crippen LogP contribution in [0.4, 0.5) is 4.39 Å². The Bertz CT molecular complexity index is 338. The number of hydrogen-bond donors (Lipinski definition) is 0. The van der Waals surface area contributed by atoms with E-state index < -0.39 is 0 Å². The molecule has 1 aromatic carbocycles. The van der Waals surface area contributed by atoms with Gasteiger partial charge in [0.25, 0.3) is 0 Å². The van der Waals surface area contributed by atoms with Crippen molar-refractivity contribution in [3.8, 4) is 0 Å². The average Bonchev–Trinajstić information content (AvgIpc) is 2.16. The molecule has 0 saturated heterocycles. The molecule has 0 aliphatic carbocycles. The summed E-state index contributed by atoms with van der Waals surface area (Å²) in [6.07, 6.45) is 0. The number of alkyl halides is 1. The zero-order valence-electron chi connectivity index (χ0n) is 10.1. The maximum atomic E-state index is 13.0. The molecule has 3 heteroatoms. The second-order valence-corrected chi connectivity index (χ2v) is 5.66. The van der Waals surface area contributed by atoms with Gasteiger partial charge in [0, 0.05) is 18.4 Å². The summed E-state index contributed by atoms with van der Waals surface area (Å²) in [6, 6.07) is 6.79. The highest BCUT2D eigenvalue weighted by atomic mass is 79.9. The van der Waals surface area contributed by atoms with E-state index in [1.165, 1.54) is 6.07 Å². The molecule has 0 unspecified atom stereocenters. The van der Waals surface area contributed by atoms with Gasteiger partial charge in [-0.25, -0.2) is 4.39 Å². The lowest BCUT2D eigenvalue weighted by Crippen LogP contribution is -2.32. The molecular formula is C13H19BrFN. The van der Waals surface area contributed by atoms with Crippen molar-refractivity contribution in [2.45, 2.75) is 20.4 Å². The lowest BCUT2D eigenvalue weighted by molar-refractivity contribution is 0.225. The normalized spacial score (nSPS) is 12.1. The van der Waals surface area contributed by atoms with Crippen LogP contribution in [0.3, 0.4) is 0 Å². The van der Waals surface area contributed by atoms with Crippen molar-refractivity contribution in [3.05, 3.63) is 35.6 Å². The first-order valence-electron chi connectivity index (χ1n) is 5.42. The first-order valence-corrected chi connectivity index (χ1v) is 6.54. The van der Waals surface area contributed by atoms with Crippen LogP contribution in [0.5, 0.6) is 0 Å². The third-order valence-electron chi connectivity index (χ3n) is 2.40. The smallest absolute Gasteiger partial charge is 0.123 e. The molecule has 0 bridgehead atoms. The topological polar surface area (TPSA) is 3.24 Å². The van der Waals surface area contributed by atoms with E-state index in [-0.39, 0.29) is 11.2 Å². The molecule has 0 heterocycles. The lowest BCUT2D eigenvalue weighted by atomic mass is 9.96. The summed E-state index contributed by atoms with van der Waals surface area (Å²) >= 11 is 3.51. The largest absolute Gasteiger partial charge is 0.302 e. The number of halogens is 2. The third kappa shape index (κ3) is 4.62. The van der Waals surface area contributed by atoms with Crippen LogP contribution in [0.15, 0.2) is 24.3 Å². The van der Waals surface area contributed by atoms with E-state index >= 15 is 0 Å².